The monoisotopic (exact) mass is 383 g/mol. The van der Waals surface area contributed by atoms with Gasteiger partial charge in [0.05, 0.1) is 6.26 Å². The second-order valence-electron chi connectivity index (χ2n) is 6.87. The van der Waals surface area contributed by atoms with Crippen molar-refractivity contribution in [2.75, 3.05) is 25.0 Å². The number of hydrogen-bond donors (Lipinski definition) is 2. The minimum atomic E-state index is -0.168. The number of nitrogens with zero attached hydrogens (tertiary/aromatic N) is 1. The number of furan rings is 1. The maximum Gasteiger partial charge on any atom is 0.289 e. The van der Waals surface area contributed by atoms with E-state index in [2.05, 4.69) is 10.6 Å². The molecular weight excluding hydrogens is 358 g/mol. The molecule has 1 saturated heterocycles. The third-order valence-electron chi connectivity index (χ3n) is 4.81. The van der Waals surface area contributed by atoms with Gasteiger partial charge in [0.1, 0.15) is 0 Å². The van der Waals surface area contributed by atoms with Crippen molar-refractivity contribution in [1.82, 2.24) is 10.2 Å². The lowest BCUT2D eigenvalue weighted by atomic mass is 9.95. The van der Waals surface area contributed by atoms with Crippen LogP contribution >= 0.6 is 0 Å². The van der Waals surface area contributed by atoms with Gasteiger partial charge in [0.15, 0.2) is 5.76 Å². The highest BCUT2D eigenvalue weighted by Crippen LogP contribution is 2.21. The van der Waals surface area contributed by atoms with E-state index in [0.717, 1.165) is 6.42 Å². The summed E-state index contributed by atoms with van der Waals surface area (Å²) in [7, 11) is 0. The van der Waals surface area contributed by atoms with E-state index in [0.29, 0.717) is 49.5 Å². The molecule has 0 saturated carbocycles. The maximum atomic E-state index is 12.6. The molecule has 0 radical (unpaired) electrons. The summed E-state index contributed by atoms with van der Waals surface area (Å²) < 4.78 is 5.15. The Bertz CT molecular complexity index is 824. The van der Waals surface area contributed by atoms with Gasteiger partial charge >= 0.3 is 0 Å². The molecule has 1 aliphatic rings. The molecule has 7 heteroatoms. The lowest BCUT2D eigenvalue weighted by Gasteiger charge is -2.30. The quantitative estimate of drug-likeness (QED) is 0.802. The van der Waals surface area contributed by atoms with Crippen LogP contribution in [0.15, 0.2) is 47.1 Å². The van der Waals surface area contributed by atoms with Gasteiger partial charge in [-0.1, -0.05) is 13.0 Å². The molecule has 2 N–H and O–H groups in total. The van der Waals surface area contributed by atoms with Crippen molar-refractivity contribution in [3.63, 3.8) is 0 Å². The van der Waals surface area contributed by atoms with Crippen molar-refractivity contribution in [3.8, 4) is 0 Å². The molecule has 2 aromatic rings. The molecule has 28 heavy (non-hydrogen) atoms. The molecule has 3 amide bonds. The molecule has 2 heterocycles. The molecule has 0 atom stereocenters. The Hall–Kier alpha value is -3.09. The van der Waals surface area contributed by atoms with E-state index in [9.17, 15) is 14.4 Å². The minimum Gasteiger partial charge on any atom is -0.459 e. The maximum absolute atomic E-state index is 12.6. The second kappa shape index (κ2) is 9.21. The van der Waals surface area contributed by atoms with Crippen molar-refractivity contribution >= 4 is 23.4 Å². The van der Waals surface area contributed by atoms with Crippen LogP contribution in [0.4, 0.5) is 5.69 Å². The van der Waals surface area contributed by atoms with Gasteiger partial charge in [-0.3, -0.25) is 14.4 Å². The fourth-order valence-electron chi connectivity index (χ4n) is 3.22. The molecule has 148 valence electrons. The highest BCUT2D eigenvalue weighted by atomic mass is 16.3. The lowest BCUT2D eigenvalue weighted by molar-refractivity contribution is -0.121. The highest BCUT2D eigenvalue weighted by Gasteiger charge is 2.28. The van der Waals surface area contributed by atoms with E-state index >= 15 is 0 Å². The van der Waals surface area contributed by atoms with Crippen LogP contribution in [0.25, 0.3) is 0 Å². The molecule has 0 bridgehead atoms. The van der Waals surface area contributed by atoms with Gasteiger partial charge < -0.3 is 20.0 Å². The number of carbonyl (C=O) groups excluding carboxylic acids is 3. The Balaban J connectivity index is 1.53. The molecule has 1 fully saturated rings. The first-order chi connectivity index (χ1) is 13.6. The van der Waals surface area contributed by atoms with Crippen LogP contribution in [0.5, 0.6) is 0 Å². The predicted octanol–water partition coefficient (Wildman–Crippen LogP) is 2.91. The van der Waals surface area contributed by atoms with Crippen molar-refractivity contribution < 1.29 is 18.8 Å². The normalized spacial score (nSPS) is 14.5. The third-order valence-corrected chi connectivity index (χ3v) is 4.81. The molecule has 1 aromatic carbocycles. The van der Waals surface area contributed by atoms with E-state index in [1.807, 2.05) is 6.92 Å². The van der Waals surface area contributed by atoms with Crippen LogP contribution in [0.1, 0.15) is 47.1 Å². The zero-order valence-electron chi connectivity index (χ0n) is 15.9. The summed E-state index contributed by atoms with van der Waals surface area (Å²) >= 11 is 0. The van der Waals surface area contributed by atoms with Gasteiger partial charge in [-0.15, -0.1) is 0 Å². The van der Waals surface area contributed by atoms with Crippen LogP contribution < -0.4 is 10.6 Å². The number of amides is 3. The first-order valence-electron chi connectivity index (χ1n) is 9.60. The van der Waals surface area contributed by atoms with Gasteiger partial charge in [-0.2, -0.15) is 0 Å². The van der Waals surface area contributed by atoms with Crippen molar-refractivity contribution in [3.05, 3.63) is 54.0 Å². The zero-order chi connectivity index (χ0) is 19.9. The fraction of sp³-hybridized carbons (Fsp3) is 0.381. The van der Waals surface area contributed by atoms with Crippen LogP contribution in [-0.2, 0) is 4.79 Å². The largest absolute Gasteiger partial charge is 0.459 e. The Labute approximate surface area is 164 Å². The van der Waals surface area contributed by atoms with E-state index in [-0.39, 0.29) is 23.6 Å². The van der Waals surface area contributed by atoms with Gasteiger partial charge in [0.2, 0.25) is 5.91 Å². The Morgan fingerprint density at radius 3 is 2.61 bits per heavy atom. The number of anilines is 1. The Morgan fingerprint density at radius 1 is 1.14 bits per heavy atom. The third kappa shape index (κ3) is 4.79. The first kappa shape index (κ1) is 19.7. The number of rotatable bonds is 6. The van der Waals surface area contributed by atoms with E-state index < -0.39 is 0 Å². The van der Waals surface area contributed by atoms with Crippen molar-refractivity contribution in [2.24, 2.45) is 5.92 Å². The number of likely N-dealkylation sites (tertiary alicyclic amines) is 1. The standard InChI is InChI=1S/C21H25N3O4/c1-2-10-22-19(25)16-5-3-6-17(14-16)23-20(26)15-8-11-24(12-9-15)21(27)18-7-4-13-28-18/h3-7,13-15H,2,8-12H2,1H3,(H,22,25)(H,23,26). The van der Waals surface area contributed by atoms with E-state index in [1.165, 1.54) is 6.26 Å². The SMILES string of the molecule is CCCNC(=O)c1cccc(NC(=O)C2CCN(C(=O)c3ccco3)CC2)c1. The van der Waals surface area contributed by atoms with Crippen LogP contribution in [0.2, 0.25) is 0 Å². The van der Waals surface area contributed by atoms with Crippen molar-refractivity contribution in [1.29, 1.82) is 0 Å². The molecule has 0 aliphatic carbocycles. The number of hydrogen-bond acceptors (Lipinski definition) is 4. The van der Waals surface area contributed by atoms with Gasteiger partial charge in [0.25, 0.3) is 11.8 Å². The van der Waals surface area contributed by atoms with Gasteiger partial charge in [-0.25, -0.2) is 0 Å². The molecule has 1 aliphatic heterocycles. The van der Waals surface area contributed by atoms with Crippen LogP contribution in [0.3, 0.4) is 0 Å². The van der Waals surface area contributed by atoms with Crippen molar-refractivity contribution in [2.45, 2.75) is 26.2 Å². The average Bonchev–Trinajstić information content (AvgIpc) is 3.26. The lowest BCUT2D eigenvalue weighted by Crippen LogP contribution is -2.41. The molecular formula is C21H25N3O4. The summed E-state index contributed by atoms with van der Waals surface area (Å²) in [5.41, 5.74) is 1.12. The number of piperidine rings is 1. The topological polar surface area (TPSA) is 91.7 Å². The summed E-state index contributed by atoms with van der Waals surface area (Å²) in [4.78, 5) is 38.7. The van der Waals surface area contributed by atoms with E-state index in [1.54, 1.807) is 41.3 Å². The number of benzene rings is 1. The number of carbonyl (C=O) groups is 3. The van der Waals surface area contributed by atoms with Gasteiger partial charge in [0, 0.05) is 36.8 Å². The fourth-order valence-corrected chi connectivity index (χ4v) is 3.22. The minimum absolute atomic E-state index is 0.0868. The Morgan fingerprint density at radius 2 is 1.93 bits per heavy atom. The molecule has 7 nitrogen and oxygen atoms in total. The molecule has 1 aromatic heterocycles. The Kier molecular flexibility index (Phi) is 6.47. The van der Waals surface area contributed by atoms with E-state index in [4.69, 9.17) is 4.42 Å². The predicted molar refractivity (Wildman–Crippen MR) is 105 cm³/mol. The van der Waals surface area contributed by atoms with Crippen LogP contribution in [-0.4, -0.2) is 42.3 Å². The second-order valence-corrected chi connectivity index (χ2v) is 6.87. The van der Waals surface area contributed by atoms with Gasteiger partial charge in [-0.05, 0) is 49.6 Å². The smallest absolute Gasteiger partial charge is 0.289 e. The molecule has 0 unspecified atom stereocenters. The highest BCUT2D eigenvalue weighted by molar-refractivity contribution is 5.98. The van der Waals surface area contributed by atoms with Crippen LogP contribution in [0, 0.1) is 5.92 Å². The summed E-state index contributed by atoms with van der Waals surface area (Å²) in [6, 6.07) is 10.2. The zero-order valence-corrected chi connectivity index (χ0v) is 15.9. The average molecular weight is 383 g/mol. The molecule has 3 rings (SSSR count). The number of nitrogens with one attached hydrogen (secondary N) is 2. The first-order valence-corrected chi connectivity index (χ1v) is 9.60. The summed E-state index contributed by atoms with van der Waals surface area (Å²) in [5.74, 6) is -0.229. The summed E-state index contributed by atoms with van der Waals surface area (Å²) in [5, 5.41) is 5.72. The summed E-state index contributed by atoms with van der Waals surface area (Å²) in [6.07, 6.45) is 3.53. The summed E-state index contributed by atoms with van der Waals surface area (Å²) in [6.45, 7) is 3.63. The molecule has 0 spiro atoms.